The maximum Gasteiger partial charge on any atom is 0.0949 e. The largest absolute Gasteiger partial charge is 0.0949 e. The molecule has 0 nitrogen and oxygen atoms in total. The quantitative estimate of drug-likeness (QED) is 0.339. The Hall–Kier alpha value is 5.12. The smallest absolute Gasteiger partial charge is 0.0776 e. The Morgan fingerprint density at radius 3 is 0.500 bits per heavy atom. The average Bonchev–Trinajstić information content (AvgIpc) is 1.39. The van der Waals surface area contributed by atoms with Gasteiger partial charge >= 0.3 is 0 Å². The molecule has 0 aliphatic rings. The van der Waals surface area contributed by atoms with Crippen molar-refractivity contribution in [2.45, 2.75) is 14.9 Å². The third kappa shape index (κ3) is 115. The third-order valence-electron chi connectivity index (χ3n) is 0. The summed E-state index contributed by atoms with van der Waals surface area (Å²) in [7, 11) is 0. The Morgan fingerprint density at radius 1 is 0.500 bits per heavy atom. The normalized spacial score (nSPS) is 3.00. The van der Waals surface area contributed by atoms with E-state index >= 15 is 0 Å². The van der Waals surface area contributed by atoms with E-state index in [0.29, 0.717) is 0 Å². The van der Waals surface area contributed by atoms with E-state index in [1.54, 1.807) is 0 Å². The number of thiol groups is 2. The molecule has 0 saturated carbocycles. The van der Waals surface area contributed by atoms with Crippen LogP contribution in [0.1, 0.15) is 14.9 Å². The van der Waals surface area contributed by atoms with Gasteiger partial charge in [-0.15, -0.1) is 0 Å². The van der Waals surface area contributed by atoms with Crippen molar-refractivity contribution in [2.75, 3.05) is 25.0 Å². The fourth-order valence-corrected chi connectivity index (χ4v) is 0. The van der Waals surface area contributed by atoms with Crippen molar-refractivity contribution in [1.82, 2.24) is 0 Å². The van der Waals surface area contributed by atoms with Crippen LogP contribution in [0.25, 0.3) is 0 Å². The van der Waals surface area contributed by atoms with Crippen LogP contribution >= 0.6 is 0 Å². The molecule has 0 rings (SSSR count). The van der Waals surface area contributed by atoms with Crippen LogP contribution in [-0.4, -0.2) is 25.0 Å². The molecular formula is C6H22S2Y4+2. The molecule has 0 aliphatic carbocycles. The molecule has 0 unspecified atom stereocenters. The van der Waals surface area contributed by atoms with Crippen LogP contribution in [0.3, 0.4) is 0 Å². The number of hydrogen-bond acceptors (Lipinski definition) is 0. The average molecular weight is 514 g/mol. The van der Waals surface area contributed by atoms with Crippen LogP contribution in [0.2, 0.25) is 0 Å². The van der Waals surface area contributed by atoms with E-state index in [1.807, 2.05) is 0 Å². The Bertz CT molecular complexity index is 19.5. The fraction of sp³-hybridized carbons (Fsp3) is 1.00. The first kappa shape index (κ1) is 53.5. The first-order valence-corrected chi connectivity index (χ1v) is 5.37. The summed E-state index contributed by atoms with van der Waals surface area (Å²) in [5, 5.41) is 0. The van der Waals surface area contributed by atoms with Gasteiger partial charge < -0.3 is 0 Å². The standard InChI is InChI=1S/2C2H6S.2CH4.4Y/c2*1-3-2;;;;;;/h2*1-2H3;2*1H4;;;;/p+2. The number of rotatable bonds is 0. The van der Waals surface area contributed by atoms with Crippen LogP contribution in [0.4, 0.5) is 0 Å². The van der Waals surface area contributed by atoms with Crippen molar-refractivity contribution >= 4 is 23.5 Å². The van der Waals surface area contributed by atoms with Crippen molar-refractivity contribution in [2.24, 2.45) is 0 Å². The second kappa shape index (κ2) is 72.7. The van der Waals surface area contributed by atoms with E-state index in [9.17, 15) is 0 Å². The summed E-state index contributed by atoms with van der Waals surface area (Å²) in [5.41, 5.74) is 0. The molecule has 0 aromatic rings. The van der Waals surface area contributed by atoms with Gasteiger partial charge in [0, 0.05) is 131 Å². The Balaban J connectivity index is -0.00000000296. The summed E-state index contributed by atoms with van der Waals surface area (Å²) in [6, 6.07) is 0. The van der Waals surface area contributed by atoms with Crippen molar-refractivity contribution in [3.05, 3.63) is 0 Å². The minimum absolute atomic E-state index is 0. The Kier molecular flexibility index (Phi) is 324. The van der Waals surface area contributed by atoms with Gasteiger partial charge in [0.2, 0.25) is 0 Å². The molecule has 0 atom stereocenters. The van der Waals surface area contributed by atoms with Crippen LogP contribution < -0.4 is 0 Å². The van der Waals surface area contributed by atoms with Crippen LogP contribution in [0, 0.1) is 0 Å². The summed E-state index contributed by atoms with van der Waals surface area (Å²) >= 11 is 2.83. The van der Waals surface area contributed by atoms with Gasteiger partial charge in [0.1, 0.15) is 0 Å². The van der Waals surface area contributed by atoms with Gasteiger partial charge in [-0.25, -0.2) is 0 Å². The predicted octanol–water partition coefficient (Wildman–Crippen LogP) is 1.38. The van der Waals surface area contributed by atoms with E-state index in [1.165, 1.54) is 23.5 Å². The first-order chi connectivity index (χ1) is 2.83. The van der Waals surface area contributed by atoms with Crippen molar-refractivity contribution < 1.29 is 131 Å². The van der Waals surface area contributed by atoms with Crippen molar-refractivity contribution in [3.63, 3.8) is 0 Å². The van der Waals surface area contributed by atoms with E-state index < -0.39 is 0 Å². The van der Waals surface area contributed by atoms with Gasteiger partial charge in [-0.05, 0) is 23.5 Å². The minimum atomic E-state index is 0. The maximum atomic E-state index is 2.10. The SMILES string of the molecule is C.C.C[SH+]C.C[SH+]C.[Y].[Y].[Y].[Y]. The van der Waals surface area contributed by atoms with Gasteiger partial charge in [0.05, 0.1) is 25.0 Å². The van der Waals surface area contributed by atoms with E-state index in [-0.39, 0.29) is 146 Å². The molecule has 4 radical (unpaired) electrons. The maximum absolute atomic E-state index is 2.10. The monoisotopic (exact) mass is 514 g/mol. The first-order valence-electron chi connectivity index (χ1n) is 1.79. The van der Waals surface area contributed by atoms with Gasteiger partial charge in [-0.1, -0.05) is 14.9 Å². The van der Waals surface area contributed by atoms with Gasteiger partial charge in [-0.2, -0.15) is 0 Å². The Labute approximate surface area is 189 Å². The number of hydrogen-bond donors (Lipinski definition) is 0. The summed E-state index contributed by atoms with van der Waals surface area (Å²) in [5.74, 6) is 0. The second-order valence-corrected chi connectivity index (χ2v) is 2.68. The molecule has 0 aromatic carbocycles. The van der Waals surface area contributed by atoms with Gasteiger partial charge in [0.15, 0.2) is 0 Å². The van der Waals surface area contributed by atoms with Crippen molar-refractivity contribution in [3.8, 4) is 0 Å². The molecule has 0 N–H and O–H groups in total. The molecule has 0 heterocycles. The molecule has 12 heavy (non-hydrogen) atoms. The van der Waals surface area contributed by atoms with Crippen molar-refractivity contribution in [1.29, 1.82) is 0 Å². The van der Waals surface area contributed by atoms with Gasteiger partial charge in [-0.3, -0.25) is 0 Å². The summed E-state index contributed by atoms with van der Waals surface area (Å²) in [4.78, 5) is 0. The van der Waals surface area contributed by atoms with Crippen LogP contribution in [-0.2, 0) is 154 Å². The predicted molar refractivity (Wildman–Crippen MR) is 54.7 cm³/mol. The molecule has 0 amide bonds. The van der Waals surface area contributed by atoms with E-state index in [4.69, 9.17) is 0 Å². The Morgan fingerprint density at radius 2 is 0.500 bits per heavy atom. The second-order valence-electron chi connectivity index (χ2n) is 0.894. The van der Waals surface area contributed by atoms with Gasteiger partial charge in [0.25, 0.3) is 0 Å². The topological polar surface area (TPSA) is 0 Å². The van der Waals surface area contributed by atoms with Crippen LogP contribution in [0.15, 0.2) is 0 Å². The van der Waals surface area contributed by atoms with E-state index in [0.717, 1.165) is 0 Å². The molecule has 68 valence electrons. The molecule has 0 bridgehead atoms. The zero-order valence-corrected chi connectivity index (χ0v) is 20.3. The molecule has 0 aromatic heterocycles. The fourth-order valence-electron chi connectivity index (χ4n) is 0. The molecule has 6 heteroatoms. The minimum Gasteiger partial charge on any atom is -0.0776 e. The summed E-state index contributed by atoms with van der Waals surface area (Å²) < 4.78 is 0. The van der Waals surface area contributed by atoms with E-state index in [2.05, 4.69) is 25.0 Å². The zero-order valence-electron chi connectivity index (χ0n) is 7.20. The zero-order chi connectivity index (χ0) is 5.41. The third-order valence-corrected chi connectivity index (χ3v) is 0. The molecule has 0 spiro atoms. The van der Waals surface area contributed by atoms with Crippen LogP contribution in [0.5, 0.6) is 0 Å². The molecule has 0 saturated heterocycles. The summed E-state index contributed by atoms with van der Waals surface area (Å²) in [6.45, 7) is 0. The molecule has 0 aliphatic heterocycles. The summed E-state index contributed by atoms with van der Waals surface area (Å²) in [6.07, 6.45) is 8.39. The molecular weight excluding hydrogens is 492 g/mol. The molecule has 0 fully saturated rings.